The van der Waals surface area contributed by atoms with Crippen molar-refractivity contribution >= 4 is 28.0 Å². The Morgan fingerprint density at radius 3 is 2.44 bits per heavy atom. The SMILES string of the molecule is COc1ccc(N(OC(C)=O)c2cccs2)cc1. The van der Waals surface area contributed by atoms with Crippen LogP contribution in [0.15, 0.2) is 41.8 Å². The fourth-order valence-electron chi connectivity index (χ4n) is 1.46. The fraction of sp³-hybridized carbons (Fsp3) is 0.154. The Bertz CT molecular complexity index is 508. The van der Waals surface area contributed by atoms with E-state index in [0.717, 1.165) is 16.4 Å². The molecule has 4 nitrogen and oxygen atoms in total. The van der Waals surface area contributed by atoms with Crippen molar-refractivity contribution in [1.29, 1.82) is 0 Å². The zero-order valence-corrected chi connectivity index (χ0v) is 10.9. The lowest BCUT2D eigenvalue weighted by Crippen LogP contribution is -2.19. The molecule has 2 aromatic rings. The second-order valence-electron chi connectivity index (χ2n) is 3.53. The predicted octanol–water partition coefficient (Wildman–Crippen LogP) is 3.37. The number of nitrogens with zero attached hydrogens (tertiary/aromatic N) is 1. The lowest BCUT2D eigenvalue weighted by atomic mass is 10.3. The normalized spacial score (nSPS) is 9.89. The number of thiophene rings is 1. The first-order chi connectivity index (χ1) is 8.70. The van der Waals surface area contributed by atoms with Crippen molar-refractivity contribution in [3.8, 4) is 5.75 Å². The minimum absolute atomic E-state index is 0.362. The number of anilines is 2. The molecule has 0 atom stereocenters. The Morgan fingerprint density at radius 1 is 1.22 bits per heavy atom. The molecular formula is C13H13NO3S. The molecule has 18 heavy (non-hydrogen) atoms. The number of ether oxygens (including phenoxy) is 1. The van der Waals surface area contributed by atoms with Crippen LogP contribution in [-0.4, -0.2) is 13.1 Å². The van der Waals surface area contributed by atoms with Crippen LogP contribution in [0.25, 0.3) is 0 Å². The van der Waals surface area contributed by atoms with Crippen molar-refractivity contribution in [3.05, 3.63) is 41.8 Å². The van der Waals surface area contributed by atoms with Crippen molar-refractivity contribution in [2.24, 2.45) is 0 Å². The van der Waals surface area contributed by atoms with Gasteiger partial charge in [-0.05, 0) is 41.8 Å². The highest BCUT2D eigenvalue weighted by Crippen LogP contribution is 2.30. The topological polar surface area (TPSA) is 38.8 Å². The molecule has 94 valence electrons. The van der Waals surface area contributed by atoms with Crippen LogP contribution in [0.3, 0.4) is 0 Å². The van der Waals surface area contributed by atoms with Crippen molar-refractivity contribution in [1.82, 2.24) is 0 Å². The van der Waals surface area contributed by atoms with Gasteiger partial charge in [0.05, 0.1) is 12.8 Å². The number of rotatable bonds is 4. The van der Waals surface area contributed by atoms with E-state index in [0.29, 0.717) is 0 Å². The first-order valence-corrected chi connectivity index (χ1v) is 6.25. The van der Waals surface area contributed by atoms with Gasteiger partial charge in [0.25, 0.3) is 0 Å². The largest absolute Gasteiger partial charge is 0.497 e. The lowest BCUT2D eigenvalue weighted by Gasteiger charge is -2.20. The molecule has 1 aromatic carbocycles. The summed E-state index contributed by atoms with van der Waals surface area (Å²) in [6, 6.07) is 11.1. The molecule has 0 aliphatic rings. The van der Waals surface area contributed by atoms with Gasteiger partial charge in [0.15, 0.2) is 0 Å². The van der Waals surface area contributed by atoms with E-state index in [2.05, 4.69) is 0 Å². The maximum Gasteiger partial charge on any atom is 0.329 e. The molecule has 0 amide bonds. The third kappa shape index (κ3) is 2.81. The molecule has 0 aliphatic carbocycles. The second-order valence-corrected chi connectivity index (χ2v) is 4.45. The highest BCUT2D eigenvalue weighted by molar-refractivity contribution is 7.14. The first-order valence-electron chi connectivity index (χ1n) is 5.37. The lowest BCUT2D eigenvalue weighted by molar-refractivity contribution is -0.141. The fourth-order valence-corrected chi connectivity index (χ4v) is 2.15. The summed E-state index contributed by atoms with van der Waals surface area (Å²) in [7, 11) is 1.61. The zero-order chi connectivity index (χ0) is 13.0. The standard InChI is InChI=1S/C13H13NO3S/c1-10(15)17-14(13-4-3-9-18-13)11-5-7-12(16-2)8-6-11/h3-9H,1-2H3. The van der Waals surface area contributed by atoms with Crippen molar-refractivity contribution < 1.29 is 14.4 Å². The summed E-state index contributed by atoms with van der Waals surface area (Å²) >= 11 is 1.50. The number of benzene rings is 1. The summed E-state index contributed by atoms with van der Waals surface area (Å²) in [6.07, 6.45) is 0. The van der Waals surface area contributed by atoms with Crippen LogP contribution in [0.5, 0.6) is 5.75 Å². The van der Waals surface area contributed by atoms with Gasteiger partial charge in [-0.3, -0.25) is 0 Å². The van der Waals surface area contributed by atoms with Gasteiger partial charge in [0.2, 0.25) is 0 Å². The van der Waals surface area contributed by atoms with E-state index in [1.54, 1.807) is 7.11 Å². The molecule has 1 heterocycles. The Balaban J connectivity index is 2.30. The van der Waals surface area contributed by atoms with Crippen molar-refractivity contribution in [3.63, 3.8) is 0 Å². The smallest absolute Gasteiger partial charge is 0.329 e. The number of hydrogen-bond donors (Lipinski definition) is 0. The minimum Gasteiger partial charge on any atom is -0.497 e. The maximum absolute atomic E-state index is 11.2. The summed E-state index contributed by atoms with van der Waals surface area (Å²) in [4.78, 5) is 16.4. The van der Waals surface area contributed by atoms with Gasteiger partial charge in [-0.25, -0.2) is 4.79 Å². The molecule has 0 radical (unpaired) electrons. The molecule has 0 N–H and O–H groups in total. The molecular weight excluding hydrogens is 250 g/mol. The van der Waals surface area contributed by atoms with E-state index in [-0.39, 0.29) is 5.97 Å². The predicted molar refractivity (Wildman–Crippen MR) is 71.2 cm³/mol. The average molecular weight is 263 g/mol. The van der Waals surface area contributed by atoms with Gasteiger partial charge in [0, 0.05) is 6.92 Å². The Labute approximate surface area is 109 Å². The van der Waals surface area contributed by atoms with Crippen molar-refractivity contribution in [2.75, 3.05) is 12.2 Å². The maximum atomic E-state index is 11.2. The number of carbonyl (C=O) groups is 1. The molecule has 0 aliphatic heterocycles. The van der Waals surface area contributed by atoms with Crippen LogP contribution < -0.4 is 9.80 Å². The molecule has 0 bridgehead atoms. The van der Waals surface area contributed by atoms with Gasteiger partial charge in [-0.2, -0.15) is 5.06 Å². The number of carbonyl (C=O) groups excluding carboxylic acids is 1. The van der Waals surface area contributed by atoms with Gasteiger partial charge in [-0.15, -0.1) is 11.3 Å². The van der Waals surface area contributed by atoms with E-state index >= 15 is 0 Å². The van der Waals surface area contributed by atoms with Crippen LogP contribution >= 0.6 is 11.3 Å². The Kier molecular flexibility index (Phi) is 3.84. The highest BCUT2D eigenvalue weighted by atomic mass is 32.1. The molecule has 0 fully saturated rings. The summed E-state index contributed by atoms with van der Waals surface area (Å²) in [5.74, 6) is 0.395. The van der Waals surface area contributed by atoms with Crippen LogP contribution in [0.1, 0.15) is 6.92 Å². The van der Waals surface area contributed by atoms with Gasteiger partial charge in [-0.1, -0.05) is 0 Å². The molecule has 0 saturated carbocycles. The summed E-state index contributed by atoms with van der Waals surface area (Å²) in [6.45, 7) is 1.38. The van der Waals surface area contributed by atoms with Crippen LogP contribution in [0.2, 0.25) is 0 Å². The van der Waals surface area contributed by atoms with E-state index in [9.17, 15) is 4.79 Å². The zero-order valence-electron chi connectivity index (χ0n) is 10.1. The second kappa shape index (κ2) is 5.55. The van der Waals surface area contributed by atoms with E-state index in [4.69, 9.17) is 9.57 Å². The van der Waals surface area contributed by atoms with Crippen LogP contribution in [0.4, 0.5) is 10.7 Å². The molecule has 0 unspecified atom stereocenters. The van der Waals surface area contributed by atoms with E-state index in [1.807, 2.05) is 41.8 Å². The quantitative estimate of drug-likeness (QED) is 0.793. The highest BCUT2D eigenvalue weighted by Gasteiger charge is 2.13. The van der Waals surface area contributed by atoms with Gasteiger partial charge in [0.1, 0.15) is 10.8 Å². The van der Waals surface area contributed by atoms with Gasteiger partial charge >= 0.3 is 5.97 Å². The van der Waals surface area contributed by atoms with Gasteiger partial charge < -0.3 is 9.57 Å². The summed E-state index contributed by atoms with van der Waals surface area (Å²) in [5, 5.41) is 4.28. The summed E-state index contributed by atoms with van der Waals surface area (Å²) in [5.41, 5.74) is 0.772. The molecule has 2 rings (SSSR count). The molecule has 5 heteroatoms. The molecule has 0 spiro atoms. The average Bonchev–Trinajstić information content (AvgIpc) is 2.89. The van der Waals surface area contributed by atoms with Crippen LogP contribution in [0, 0.1) is 0 Å². The number of hydrogen-bond acceptors (Lipinski definition) is 5. The first kappa shape index (κ1) is 12.4. The van der Waals surface area contributed by atoms with Crippen LogP contribution in [-0.2, 0) is 9.63 Å². The van der Waals surface area contributed by atoms with E-state index in [1.165, 1.54) is 23.3 Å². The monoisotopic (exact) mass is 263 g/mol. The third-order valence-electron chi connectivity index (χ3n) is 2.23. The summed E-state index contributed by atoms with van der Waals surface area (Å²) < 4.78 is 5.10. The molecule has 1 aromatic heterocycles. The Hall–Kier alpha value is -2.01. The minimum atomic E-state index is -0.362. The van der Waals surface area contributed by atoms with E-state index < -0.39 is 0 Å². The molecule has 0 saturated heterocycles. The Morgan fingerprint density at radius 2 is 1.94 bits per heavy atom. The number of methoxy groups -OCH3 is 1. The third-order valence-corrected chi connectivity index (χ3v) is 3.07. The van der Waals surface area contributed by atoms with Crippen molar-refractivity contribution in [2.45, 2.75) is 6.92 Å².